The van der Waals surface area contributed by atoms with Crippen LogP contribution in [0.25, 0.3) is 0 Å². The summed E-state index contributed by atoms with van der Waals surface area (Å²) in [5.41, 5.74) is -0.204. The highest BCUT2D eigenvalue weighted by Gasteiger charge is 2.22. The zero-order valence-corrected chi connectivity index (χ0v) is 12.3. The van der Waals surface area contributed by atoms with E-state index in [-0.39, 0.29) is 28.6 Å². The van der Waals surface area contributed by atoms with Crippen LogP contribution >= 0.6 is 11.6 Å². The molecule has 1 aromatic rings. The number of aromatic amines is 1. The second-order valence-electron chi connectivity index (χ2n) is 5.21. The Morgan fingerprint density at radius 2 is 1.78 bits per heavy atom. The number of hydrogen-bond donors (Lipinski definition) is 1. The summed E-state index contributed by atoms with van der Waals surface area (Å²) in [6.07, 6.45) is 0.736. The van der Waals surface area contributed by atoms with E-state index in [4.69, 9.17) is 11.6 Å². The molecule has 0 aliphatic rings. The third kappa shape index (κ3) is 2.69. The first-order valence-electron chi connectivity index (χ1n) is 6.35. The van der Waals surface area contributed by atoms with Crippen LogP contribution in [0.4, 0.5) is 0 Å². The molecule has 0 aliphatic heterocycles. The van der Waals surface area contributed by atoms with E-state index in [1.807, 2.05) is 34.6 Å². The summed E-state index contributed by atoms with van der Waals surface area (Å²) >= 11 is 5.96. The predicted octanol–water partition coefficient (Wildman–Crippen LogP) is 2.92. The number of hydrogen-bond acceptors (Lipinski definition) is 2. The lowest BCUT2D eigenvalue weighted by Gasteiger charge is -2.22. The van der Waals surface area contributed by atoms with Gasteiger partial charge < -0.3 is 0 Å². The zero-order chi connectivity index (χ0) is 14.0. The van der Waals surface area contributed by atoms with Crippen LogP contribution in [0.15, 0.2) is 9.59 Å². The molecular formula is C13H21ClN2O2. The first kappa shape index (κ1) is 15.0. The number of halogens is 1. The van der Waals surface area contributed by atoms with E-state index in [1.165, 1.54) is 4.57 Å². The van der Waals surface area contributed by atoms with Gasteiger partial charge in [0.05, 0.1) is 5.56 Å². The summed E-state index contributed by atoms with van der Waals surface area (Å²) < 4.78 is 1.31. The van der Waals surface area contributed by atoms with Crippen molar-refractivity contribution >= 4 is 11.6 Å². The summed E-state index contributed by atoms with van der Waals surface area (Å²) in [6, 6.07) is -0.101. The van der Waals surface area contributed by atoms with Crippen molar-refractivity contribution in [2.75, 3.05) is 0 Å². The Kier molecular flexibility index (Phi) is 4.79. The number of H-pyrrole nitrogens is 1. The molecule has 1 unspecified atom stereocenters. The molecule has 102 valence electrons. The molecule has 1 atom stereocenters. The highest BCUT2D eigenvalue weighted by atomic mass is 35.5. The van der Waals surface area contributed by atoms with Crippen molar-refractivity contribution in [1.82, 2.24) is 9.55 Å². The fraction of sp³-hybridized carbons (Fsp3) is 0.692. The van der Waals surface area contributed by atoms with Crippen LogP contribution in [0.1, 0.15) is 58.6 Å². The summed E-state index contributed by atoms with van der Waals surface area (Å²) in [7, 11) is 0. The molecular weight excluding hydrogens is 252 g/mol. The van der Waals surface area contributed by atoms with Crippen molar-refractivity contribution in [2.24, 2.45) is 5.92 Å². The SMILES string of the molecule is CCC(C(C)C)n1c(=O)[nH]c(Cl)c(C(C)C)c1=O. The summed E-state index contributed by atoms with van der Waals surface area (Å²) in [4.78, 5) is 27.0. The first-order valence-corrected chi connectivity index (χ1v) is 6.73. The molecule has 1 aromatic heterocycles. The molecule has 4 nitrogen and oxygen atoms in total. The molecule has 0 amide bonds. The van der Waals surface area contributed by atoms with Crippen molar-refractivity contribution < 1.29 is 0 Å². The van der Waals surface area contributed by atoms with Gasteiger partial charge in [-0.2, -0.15) is 0 Å². The van der Waals surface area contributed by atoms with Crippen molar-refractivity contribution in [3.8, 4) is 0 Å². The number of rotatable bonds is 4. The summed E-state index contributed by atoms with van der Waals surface area (Å²) in [5, 5.41) is 0.162. The summed E-state index contributed by atoms with van der Waals surface area (Å²) in [5.74, 6) is 0.202. The van der Waals surface area contributed by atoms with E-state index in [2.05, 4.69) is 4.98 Å². The Morgan fingerprint density at radius 1 is 1.22 bits per heavy atom. The minimum absolute atomic E-state index is 0.0160. The quantitative estimate of drug-likeness (QED) is 0.857. The molecule has 0 fully saturated rings. The van der Waals surface area contributed by atoms with Gasteiger partial charge in [-0.15, -0.1) is 0 Å². The minimum atomic E-state index is -0.421. The second kappa shape index (κ2) is 5.74. The lowest BCUT2D eigenvalue weighted by Crippen LogP contribution is -2.41. The maximum Gasteiger partial charge on any atom is 0.329 e. The fourth-order valence-corrected chi connectivity index (χ4v) is 2.67. The highest BCUT2D eigenvalue weighted by molar-refractivity contribution is 6.30. The molecule has 1 N–H and O–H groups in total. The number of nitrogens with zero attached hydrogens (tertiary/aromatic N) is 1. The summed E-state index contributed by atoms with van der Waals surface area (Å²) in [6.45, 7) is 9.76. The molecule has 5 heteroatoms. The van der Waals surface area contributed by atoms with Crippen molar-refractivity contribution in [2.45, 2.75) is 53.0 Å². The zero-order valence-electron chi connectivity index (χ0n) is 11.6. The molecule has 1 heterocycles. The average molecular weight is 273 g/mol. The predicted molar refractivity (Wildman–Crippen MR) is 74.6 cm³/mol. The van der Waals surface area contributed by atoms with Crippen molar-refractivity contribution in [1.29, 1.82) is 0 Å². The Morgan fingerprint density at radius 3 is 2.17 bits per heavy atom. The first-order chi connectivity index (χ1) is 8.31. The van der Waals surface area contributed by atoms with Crippen LogP contribution in [0.2, 0.25) is 5.15 Å². The molecule has 0 saturated heterocycles. The van der Waals surface area contributed by atoms with Gasteiger partial charge in [-0.1, -0.05) is 46.2 Å². The highest BCUT2D eigenvalue weighted by Crippen LogP contribution is 2.21. The third-order valence-electron chi connectivity index (χ3n) is 3.22. The van der Waals surface area contributed by atoms with E-state index in [0.717, 1.165) is 6.42 Å². The molecule has 0 saturated carbocycles. The second-order valence-corrected chi connectivity index (χ2v) is 5.59. The van der Waals surface area contributed by atoms with E-state index >= 15 is 0 Å². The normalized spacial score (nSPS) is 13.3. The van der Waals surface area contributed by atoms with Gasteiger partial charge in [0.25, 0.3) is 5.56 Å². The van der Waals surface area contributed by atoms with Crippen LogP contribution < -0.4 is 11.2 Å². The van der Waals surface area contributed by atoms with Gasteiger partial charge in [-0.25, -0.2) is 4.79 Å². The smallest absolute Gasteiger partial charge is 0.297 e. The maximum absolute atomic E-state index is 12.4. The third-order valence-corrected chi connectivity index (χ3v) is 3.52. The van der Waals surface area contributed by atoms with Gasteiger partial charge in [0.15, 0.2) is 0 Å². The van der Waals surface area contributed by atoms with Crippen LogP contribution in [0.3, 0.4) is 0 Å². The molecule has 0 bridgehead atoms. The molecule has 0 spiro atoms. The van der Waals surface area contributed by atoms with Gasteiger partial charge >= 0.3 is 5.69 Å². The Balaban J connectivity index is 3.60. The van der Waals surface area contributed by atoms with E-state index in [0.29, 0.717) is 5.56 Å². The molecule has 1 rings (SSSR count). The topological polar surface area (TPSA) is 54.9 Å². The van der Waals surface area contributed by atoms with Gasteiger partial charge in [-0.3, -0.25) is 14.3 Å². The average Bonchev–Trinajstić information content (AvgIpc) is 2.22. The van der Waals surface area contributed by atoms with E-state index < -0.39 is 5.69 Å². The van der Waals surface area contributed by atoms with Gasteiger partial charge in [0.2, 0.25) is 0 Å². The van der Waals surface area contributed by atoms with Gasteiger partial charge in [-0.05, 0) is 18.3 Å². The minimum Gasteiger partial charge on any atom is -0.297 e. The fourth-order valence-electron chi connectivity index (χ4n) is 2.29. The van der Waals surface area contributed by atoms with Gasteiger partial charge in [0.1, 0.15) is 5.15 Å². The standard InChI is InChI=1S/C13H21ClN2O2/c1-6-9(7(2)3)16-12(17)10(8(4)5)11(14)15-13(16)18/h7-9H,6H2,1-5H3,(H,15,18). The van der Waals surface area contributed by atoms with E-state index in [1.54, 1.807) is 0 Å². The van der Waals surface area contributed by atoms with Gasteiger partial charge in [0, 0.05) is 6.04 Å². The van der Waals surface area contributed by atoms with E-state index in [9.17, 15) is 9.59 Å². The molecule has 18 heavy (non-hydrogen) atoms. The Labute approximate surface area is 112 Å². The number of nitrogens with one attached hydrogen (secondary N) is 1. The van der Waals surface area contributed by atoms with Crippen molar-refractivity contribution in [3.05, 3.63) is 31.6 Å². The lowest BCUT2D eigenvalue weighted by molar-refractivity contribution is 0.343. The molecule has 0 aromatic carbocycles. The van der Waals surface area contributed by atoms with Crippen LogP contribution in [0, 0.1) is 5.92 Å². The Bertz CT molecular complexity index is 529. The van der Waals surface area contributed by atoms with Crippen molar-refractivity contribution in [3.63, 3.8) is 0 Å². The van der Waals surface area contributed by atoms with Crippen LogP contribution in [-0.2, 0) is 0 Å². The van der Waals surface area contributed by atoms with Crippen LogP contribution in [-0.4, -0.2) is 9.55 Å². The van der Waals surface area contributed by atoms with Crippen LogP contribution in [0.5, 0.6) is 0 Å². The maximum atomic E-state index is 12.4. The number of aromatic nitrogens is 2. The molecule has 0 aliphatic carbocycles. The lowest BCUT2D eigenvalue weighted by atomic mass is 10.0. The monoisotopic (exact) mass is 272 g/mol. The Hall–Kier alpha value is -1.03. The molecule has 0 radical (unpaired) electrons. The largest absolute Gasteiger partial charge is 0.329 e.